The van der Waals surface area contributed by atoms with Crippen molar-refractivity contribution in [2.45, 2.75) is 34.1 Å². The molecule has 4 nitrogen and oxygen atoms in total. The molecule has 1 aromatic rings. The lowest BCUT2D eigenvalue weighted by Crippen LogP contribution is -2.51. The Morgan fingerprint density at radius 3 is 1.63 bits per heavy atom. The minimum Gasteiger partial charge on any atom is -0.463 e. The molecule has 30 heavy (non-hydrogen) atoms. The molecule has 3 rings (SSSR count). The molecule has 0 spiro atoms. The molecule has 0 bridgehead atoms. The van der Waals surface area contributed by atoms with Gasteiger partial charge in [0.15, 0.2) is 0 Å². The van der Waals surface area contributed by atoms with Crippen LogP contribution in [0.5, 0.6) is 0 Å². The first-order valence-corrected chi connectivity index (χ1v) is 11.9. The van der Waals surface area contributed by atoms with Gasteiger partial charge in [0, 0.05) is 32.4 Å². The first-order valence-electron chi connectivity index (χ1n) is 10.1. The molecule has 2 unspecified atom stereocenters. The highest BCUT2D eigenvalue weighted by Crippen LogP contribution is 2.59. The van der Waals surface area contributed by atoms with Gasteiger partial charge < -0.3 is 9.47 Å². The third-order valence-corrected chi connectivity index (χ3v) is 8.11. The number of thioether (sulfide) groups is 2. The van der Waals surface area contributed by atoms with Gasteiger partial charge in [-0.2, -0.15) is 0 Å². The van der Waals surface area contributed by atoms with Crippen molar-refractivity contribution >= 4 is 35.5 Å². The molecule has 0 radical (unpaired) electrons. The van der Waals surface area contributed by atoms with Crippen molar-refractivity contribution in [2.24, 2.45) is 11.8 Å². The Morgan fingerprint density at radius 1 is 0.800 bits per heavy atom. The molecule has 0 saturated heterocycles. The van der Waals surface area contributed by atoms with Crippen molar-refractivity contribution in [1.29, 1.82) is 0 Å². The van der Waals surface area contributed by atoms with Crippen molar-refractivity contribution in [3.63, 3.8) is 0 Å². The van der Waals surface area contributed by atoms with E-state index in [1.807, 2.05) is 35.7 Å². The van der Waals surface area contributed by atoms with Gasteiger partial charge >= 0.3 is 11.9 Å². The fourth-order valence-electron chi connectivity index (χ4n) is 3.47. The molecule has 6 heteroatoms. The minimum atomic E-state index is -0.328. The van der Waals surface area contributed by atoms with Gasteiger partial charge in [-0.15, -0.1) is 23.5 Å². The third kappa shape index (κ3) is 5.70. The zero-order chi connectivity index (χ0) is 21.3. The summed E-state index contributed by atoms with van der Waals surface area (Å²) < 4.78 is 9.83. The molecule has 0 aromatic heterocycles. The lowest BCUT2D eigenvalue weighted by Gasteiger charge is -2.51. The summed E-state index contributed by atoms with van der Waals surface area (Å²) >= 11 is 3.86. The van der Waals surface area contributed by atoms with Crippen LogP contribution in [0.15, 0.2) is 82.7 Å². The minimum absolute atomic E-state index is 0.328. The van der Waals surface area contributed by atoms with E-state index in [4.69, 9.17) is 9.47 Å². The van der Waals surface area contributed by atoms with Crippen LogP contribution < -0.4 is 0 Å². The molecule has 1 heterocycles. The number of ether oxygens (including phenoxy) is 2. The maximum Gasteiger partial charge on any atom is 0.330 e. The van der Waals surface area contributed by atoms with Crippen molar-refractivity contribution in [1.82, 2.24) is 0 Å². The van der Waals surface area contributed by atoms with E-state index in [2.05, 4.69) is 36.4 Å². The summed E-state index contributed by atoms with van der Waals surface area (Å²) in [6.07, 6.45) is 14.6. The van der Waals surface area contributed by atoms with Gasteiger partial charge in [0.2, 0.25) is 0 Å². The smallest absolute Gasteiger partial charge is 0.330 e. The largest absolute Gasteiger partial charge is 0.463 e. The Labute approximate surface area is 186 Å². The maximum atomic E-state index is 11.5. The van der Waals surface area contributed by atoms with Crippen LogP contribution in [0.1, 0.15) is 13.8 Å². The monoisotopic (exact) mass is 442 g/mol. The van der Waals surface area contributed by atoms with E-state index in [-0.39, 0.29) is 11.9 Å². The van der Waals surface area contributed by atoms with Crippen LogP contribution in [0.4, 0.5) is 0 Å². The molecule has 4 atom stereocenters. The predicted molar refractivity (Wildman–Crippen MR) is 123 cm³/mol. The van der Waals surface area contributed by atoms with Gasteiger partial charge in [-0.1, -0.05) is 48.6 Å². The second kappa shape index (κ2) is 11.3. The topological polar surface area (TPSA) is 52.6 Å². The number of allylic oxidation sites excluding steroid dienone is 6. The highest BCUT2D eigenvalue weighted by Gasteiger charge is 2.50. The van der Waals surface area contributed by atoms with Crippen molar-refractivity contribution in [3.8, 4) is 0 Å². The number of hydrogen-bond donors (Lipinski definition) is 0. The molecule has 1 aromatic carbocycles. The lowest BCUT2D eigenvalue weighted by atomic mass is 9.72. The Kier molecular flexibility index (Phi) is 8.46. The van der Waals surface area contributed by atoms with Crippen LogP contribution in [-0.4, -0.2) is 35.7 Å². The predicted octanol–water partition coefficient (Wildman–Crippen LogP) is 5.22. The summed E-state index contributed by atoms with van der Waals surface area (Å²) in [5.41, 5.74) is 0. The molecule has 1 aliphatic carbocycles. The molecular formula is C24H26O4S2. The zero-order valence-corrected chi connectivity index (χ0v) is 18.7. The standard InChI is InChI=1S/C24H26O4S2/c1-3-27-21(25)15-9-5-11-17-18(12-6-10-16-22(26)28-4-2)24-23(17)29-19-13-7-8-14-20(19)30-24/h5-18,23-24H,3-4H2,1-2H3/b11-5+,12-6+,15-9+,16-10+/t17-,18-,23?,24?/m1/s1. The Morgan fingerprint density at radius 2 is 1.23 bits per heavy atom. The number of fused-ring (bicyclic) bond motifs is 2. The summed E-state index contributed by atoms with van der Waals surface area (Å²) in [6, 6.07) is 8.51. The van der Waals surface area contributed by atoms with E-state index >= 15 is 0 Å². The van der Waals surface area contributed by atoms with E-state index in [0.29, 0.717) is 35.5 Å². The SMILES string of the molecule is CCOC(=O)/C=C/C=C/[C@H]1C2Sc3ccccc3SC2[C@@H]1/C=C/C=C/C(=O)OCC. The van der Waals surface area contributed by atoms with Crippen LogP contribution in [0.2, 0.25) is 0 Å². The molecular weight excluding hydrogens is 416 g/mol. The number of carbonyl (C=O) groups excluding carboxylic acids is 2. The summed E-state index contributed by atoms with van der Waals surface area (Å²) in [5, 5.41) is 0.946. The van der Waals surface area contributed by atoms with Gasteiger partial charge in [0.25, 0.3) is 0 Å². The average Bonchev–Trinajstić information content (AvgIpc) is 2.73. The number of esters is 2. The Bertz CT molecular complexity index is 801. The van der Waals surface area contributed by atoms with Gasteiger partial charge in [-0.25, -0.2) is 9.59 Å². The fourth-order valence-corrected chi connectivity index (χ4v) is 6.85. The van der Waals surface area contributed by atoms with Gasteiger partial charge in [0.1, 0.15) is 0 Å². The third-order valence-electron chi connectivity index (χ3n) is 4.83. The number of benzene rings is 1. The first-order chi connectivity index (χ1) is 14.6. The summed E-state index contributed by atoms with van der Waals surface area (Å²) in [7, 11) is 0. The summed E-state index contributed by atoms with van der Waals surface area (Å²) in [4.78, 5) is 25.6. The van der Waals surface area contributed by atoms with E-state index < -0.39 is 0 Å². The fraction of sp³-hybridized carbons (Fsp3) is 0.333. The second-order valence-electron chi connectivity index (χ2n) is 6.76. The van der Waals surface area contributed by atoms with Gasteiger partial charge in [-0.3, -0.25) is 0 Å². The normalized spacial score (nSPS) is 25.4. The van der Waals surface area contributed by atoms with Crippen molar-refractivity contribution in [2.75, 3.05) is 13.2 Å². The summed E-state index contributed by atoms with van der Waals surface area (Å²) in [6.45, 7) is 4.33. The van der Waals surface area contributed by atoms with Crippen LogP contribution in [0.25, 0.3) is 0 Å². The quantitative estimate of drug-likeness (QED) is 0.313. The van der Waals surface area contributed by atoms with Crippen LogP contribution in [-0.2, 0) is 19.1 Å². The maximum absolute atomic E-state index is 11.5. The average molecular weight is 443 g/mol. The van der Waals surface area contributed by atoms with E-state index in [1.165, 1.54) is 21.9 Å². The van der Waals surface area contributed by atoms with Crippen molar-refractivity contribution < 1.29 is 19.1 Å². The lowest BCUT2D eigenvalue weighted by molar-refractivity contribution is -0.138. The van der Waals surface area contributed by atoms with Gasteiger partial charge in [-0.05, 0) is 37.8 Å². The Hall–Kier alpha value is -2.18. The van der Waals surface area contributed by atoms with Crippen LogP contribution in [0.3, 0.4) is 0 Å². The molecule has 0 N–H and O–H groups in total. The molecule has 1 aliphatic heterocycles. The van der Waals surface area contributed by atoms with E-state index in [9.17, 15) is 9.59 Å². The molecule has 1 fully saturated rings. The summed E-state index contributed by atoms with van der Waals surface area (Å²) in [5.74, 6) is 0.0382. The van der Waals surface area contributed by atoms with Crippen molar-refractivity contribution in [3.05, 3.63) is 72.9 Å². The number of rotatable bonds is 8. The number of carbonyl (C=O) groups is 2. The molecule has 2 aliphatic rings. The first kappa shape index (κ1) is 22.5. The highest BCUT2D eigenvalue weighted by molar-refractivity contribution is 8.06. The van der Waals surface area contributed by atoms with E-state index in [1.54, 1.807) is 26.0 Å². The second-order valence-corrected chi connectivity index (χ2v) is 9.20. The molecule has 158 valence electrons. The zero-order valence-electron chi connectivity index (χ0n) is 17.1. The Balaban J connectivity index is 1.70. The van der Waals surface area contributed by atoms with E-state index in [0.717, 1.165) is 0 Å². The van der Waals surface area contributed by atoms with Crippen LogP contribution >= 0.6 is 23.5 Å². The highest BCUT2D eigenvalue weighted by atomic mass is 32.2. The van der Waals surface area contributed by atoms with Gasteiger partial charge in [0.05, 0.1) is 13.2 Å². The molecule has 0 amide bonds. The van der Waals surface area contributed by atoms with Crippen LogP contribution in [0, 0.1) is 11.8 Å². The number of hydrogen-bond acceptors (Lipinski definition) is 6. The molecule has 1 saturated carbocycles.